The maximum atomic E-state index is 12.2. The summed E-state index contributed by atoms with van der Waals surface area (Å²) < 4.78 is 20.6. The zero-order valence-corrected chi connectivity index (χ0v) is 21.4. The van der Waals surface area contributed by atoms with E-state index < -0.39 is 0 Å². The highest BCUT2D eigenvalue weighted by Crippen LogP contribution is 2.28. The molecule has 0 fully saturated rings. The molecule has 0 aliphatic heterocycles. The fraction of sp³-hybridized carbons (Fsp3) is 0.214. The van der Waals surface area contributed by atoms with Gasteiger partial charge >= 0.3 is 6.03 Å². The van der Waals surface area contributed by atoms with Gasteiger partial charge in [-0.25, -0.2) is 4.79 Å². The van der Waals surface area contributed by atoms with E-state index in [2.05, 4.69) is 15.6 Å². The number of carbonyl (C=O) groups excluding carboxylic acids is 1. The Morgan fingerprint density at radius 3 is 2.05 bits per heavy atom. The zero-order valence-electron chi connectivity index (χ0n) is 21.4. The van der Waals surface area contributed by atoms with Gasteiger partial charge < -0.3 is 35.3 Å². The molecule has 4 rings (SSSR count). The maximum absolute atomic E-state index is 12.2. The molecule has 0 aliphatic carbocycles. The molecular formula is C28H32N4O5. The number of carbonyl (C=O) groups is 1. The van der Waals surface area contributed by atoms with E-state index in [0.717, 1.165) is 39.1 Å². The number of hydrogen-bond acceptors (Lipinski definition) is 7. The van der Waals surface area contributed by atoms with Crippen molar-refractivity contribution in [1.82, 2.24) is 10.3 Å². The molecule has 0 unspecified atom stereocenters. The molecule has 37 heavy (non-hydrogen) atoms. The molecular weight excluding hydrogens is 472 g/mol. The van der Waals surface area contributed by atoms with Gasteiger partial charge in [0.25, 0.3) is 0 Å². The first-order valence-electron chi connectivity index (χ1n) is 11.5. The summed E-state index contributed by atoms with van der Waals surface area (Å²) in [6.45, 7) is 0.888. The summed E-state index contributed by atoms with van der Waals surface area (Å²) in [5, 5.41) is 7.63. The van der Waals surface area contributed by atoms with Crippen LogP contribution in [0, 0.1) is 0 Å². The van der Waals surface area contributed by atoms with Crippen molar-refractivity contribution < 1.29 is 23.7 Å². The number of nitrogens with one attached hydrogen (secondary N) is 2. The normalized spacial score (nSPS) is 10.1. The van der Waals surface area contributed by atoms with Crippen LogP contribution in [0.25, 0.3) is 10.8 Å². The lowest BCUT2D eigenvalue weighted by Gasteiger charge is -2.12. The lowest BCUT2D eigenvalue weighted by Crippen LogP contribution is -2.28. The van der Waals surface area contributed by atoms with Crippen LogP contribution in [-0.4, -0.2) is 39.5 Å². The Bertz CT molecular complexity index is 1320. The van der Waals surface area contributed by atoms with E-state index in [9.17, 15) is 4.79 Å². The van der Waals surface area contributed by atoms with Gasteiger partial charge in [-0.2, -0.15) is 0 Å². The van der Waals surface area contributed by atoms with E-state index in [1.165, 1.54) is 0 Å². The van der Waals surface area contributed by atoms with Gasteiger partial charge in [0.1, 0.15) is 0 Å². The minimum absolute atomic E-state index is 0.279. The molecule has 2 amide bonds. The number of benzene rings is 3. The molecule has 9 nitrogen and oxygen atoms in total. The summed E-state index contributed by atoms with van der Waals surface area (Å²) in [4.78, 5) is 16.3. The molecule has 9 heteroatoms. The number of fused-ring (bicyclic) bond motifs is 1. The molecule has 4 aromatic rings. The van der Waals surface area contributed by atoms with Crippen molar-refractivity contribution in [1.29, 1.82) is 0 Å². The van der Waals surface area contributed by atoms with Crippen LogP contribution in [0.1, 0.15) is 11.1 Å². The van der Waals surface area contributed by atoms with Crippen molar-refractivity contribution in [3.8, 4) is 23.0 Å². The number of urea groups is 1. The van der Waals surface area contributed by atoms with E-state index in [1.807, 2.05) is 60.7 Å². The van der Waals surface area contributed by atoms with Gasteiger partial charge in [-0.15, -0.1) is 0 Å². The average Bonchev–Trinajstić information content (AvgIpc) is 2.96. The van der Waals surface area contributed by atoms with E-state index in [1.54, 1.807) is 40.8 Å². The van der Waals surface area contributed by atoms with E-state index in [-0.39, 0.29) is 6.03 Å². The monoisotopic (exact) mass is 504 g/mol. The van der Waals surface area contributed by atoms with Crippen LogP contribution in [0.2, 0.25) is 0 Å². The topological polar surface area (TPSA) is 117 Å². The van der Waals surface area contributed by atoms with Crippen molar-refractivity contribution in [3.05, 3.63) is 84.2 Å². The Hall–Kier alpha value is -4.50. The molecule has 0 aliphatic rings. The third-order valence-corrected chi connectivity index (χ3v) is 5.51. The van der Waals surface area contributed by atoms with Crippen molar-refractivity contribution in [3.63, 3.8) is 0 Å². The molecule has 1 heterocycles. The van der Waals surface area contributed by atoms with E-state index in [4.69, 9.17) is 24.7 Å². The minimum atomic E-state index is -0.279. The second kappa shape index (κ2) is 13.6. The minimum Gasteiger partial charge on any atom is -0.493 e. The fourth-order valence-electron chi connectivity index (χ4n) is 3.58. The number of amides is 2. The van der Waals surface area contributed by atoms with Gasteiger partial charge in [0.2, 0.25) is 0 Å². The van der Waals surface area contributed by atoms with Crippen LogP contribution in [0.4, 0.5) is 10.5 Å². The zero-order chi connectivity index (χ0) is 26.6. The van der Waals surface area contributed by atoms with E-state index >= 15 is 0 Å². The number of pyridine rings is 1. The lowest BCUT2D eigenvalue weighted by atomic mass is 10.1. The summed E-state index contributed by atoms with van der Waals surface area (Å²) in [5.74, 6) is 2.74. The predicted octanol–water partition coefficient (Wildman–Crippen LogP) is 4.74. The molecule has 0 atom stereocenters. The highest BCUT2D eigenvalue weighted by molar-refractivity contribution is 6.01. The second-order valence-electron chi connectivity index (χ2n) is 7.79. The van der Waals surface area contributed by atoms with Crippen LogP contribution in [0.15, 0.2) is 73.1 Å². The molecule has 3 aromatic carbocycles. The molecule has 0 saturated carbocycles. The summed E-state index contributed by atoms with van der Waals surface area (Å²) >= 11 is 0. The highest BCUT2D eigenvalue weighted by Gasteiger charge is 2.08. The number of ether oxygens (including phenoxy) is 4. The van der Waals surface area contributed by atoms with Gasteiger partial charge in [-0.3, -0.25) is 4.98 Å². The molecule has 0 spiro atoms. The molecule has 0 radical (unpaired) electrons. The van der Waals surface area contributed by atoms with Gasteiger partial charge in [0.05, 0.1) is 34.1 Å². The molecule has 0 bridgehead atoms. The van der Waals surface area contributed by atoms with Gasteiger partial charge in [-0.1, -0.05) is 24.3 Å². The Labute approximate surface area is 216 Å². The first kappa shape index (κ1) is 27.1. The first-order valence-corrected chi connectivity index (χ1v) is 11.5. The van der Waals surface area contributed by atoms with Crippen molar-refractivity contribution in [2.24, 2.45) is 5.73 Å². The smallest absolute Gasteiger partial charge is 0.319 e. The van der Waals surface area contributed by atoms with Crippen molar-refractivity contribution in [2.45, 2.75) is 13.1 Å². The SMILES string of the molecule is COc1ccc(CN)cc1OC.COc1ccc(CNC(=O)Nc2cccc3cnccc23)cc1OC. The average molecular weight is 505 g/mol. The second-order valence-corrected chi connectivity index (χ2v) is 7.79. The van der Waals surface area contributed by atoms with Crippen molar-refractivity contribution >= 4 is 22.5 Å². The summed E-state index contributed by atoms with van der Waals surface area (Å²) in [5.41, 5.74) is 8.16. The van der Waals surface area contributed by atoms with Crippen LogP contribution in [-0.2, 0) is 13.1 Å². The van der Waals surface area contributed by atoms with Gasteiger partial charge in [0, 0.05) is 36.3 Å². The van der Waals surface area contributed by atoms with Crippen LogP contribution in [0.3, 0.4) is 0 Å². The van der Waals surface area contributed by atoms with Gasteiger partial charge in [0.15, 0.2) is 23.0 Å². The van der Waals surface area contributed by atoms with Crippen LogP contribution < -0.4 is 35.3 Å². The Balaban J connectivity index is 0.000000266. The molecule has 1 aromatic heterocycles. The maximum Gasteiger partial charge on any atom is 0.319 e. The highest BCUT2D eigenvalue weighted by atomic mass is 16.5. The Morgan fingerprint density at radius 1 is 0.811 bits per heavy atom. The summed E-state index contributed by atoms with van der Waals surface area (Å²) in [6, 6.07) is 18.5. The quantitative estimate of drug-likeness (QED) is 0.317. The first-order chi connectivity index (χ1) is 18.0. The van der Waals surface area contributed by atoms with Crippen molar-refractivity contribution in [2.75, 3.05) is 33.8 Å². The molecule has 0 saturated heterocycles. The Kier molecular flexibility index (Phi) is 9.92. The largest absolute Gasteiger partial charge is 0.493 e. The van der Waals surface area contributed by atoms with Crippen LogP contribution >= 0.6 is 0 Å². The number of anilines is 1. The number of nitrogens with zero attached hydrogens (tertiary/aromatic N) is 1. The molecule has 4 N–H and O–H groups in total. The number of methoxy groups -OCH3 is 4. The summed E-state index contributed by atoms with van der Waals surface area (Å²) in [7, 11) is 6.39. The lowest BCUT2D eigenvalue weighted by molar-refractivity contribution is 0.251. The third kappa shape index (κ3) is 7.25. The fourth-order valence-corrected chi connectivity index (χ4v) is 3.58. The summed E-state index contributed by atoms with van der Waals surface area (Å²) in [6.07, 6.45) is 3.47. The van der Waals surface area contributed by atoms with E-state index in [0.29, 0.717) is 24.6 Å². The Morgan fingerprint density at radius 2 is 1.43 bits per heavy atom. The number of rotatable bonds is 8. The number of hydrogen-bond donors (Lipinski definition) is 3. The standard InChI is InChI=1S/C19H19N3O3.C9H13NO2/c1-24-17-7-6-13(10-18(17)25-2)11-21-19(23)22-16-5-3-4-14-12-20-9-8-15(14)16;1-11-8-4-3-7(6-10)5-9(8)12-2/h3-10,12H,11H2,1-2H3,(H2,21,22,23);3-5H,6,10H2,1-2H3. The predicted molar refractivity (Wildman–Crippen MR) is 145 cm³/mol. The van der Waals surface area contributed by atoms with Crippen LogP contribution in [0.5, 0.6) is 23.0 Å². The van der Waals surface area contributed by atoms with Gasteiger partial charge in [-0.05, 0) is 47.5 Å². The third-order valence-electron chi connectivity index (χ3n) is 5.51. The molecule has 194 valence electrons. The number of nitrogens with two attached hydrogens (primary N) is 1. The number of aromatic nitrogens is 1.